The molecule has 0 saturated heterocycles. The minimum Gasteiger partial charge on any atom is -0.481 e. The van der Waals surface area contributed by atoms with Gasteiger partial charge >= 0.3 is 12.1 Å². The zero-order valence-electron chi connectivity index (χ0n) is 7.43. The highest BCUT2D eigenvalue weighted by molar-refractivity contribution is 5.71. The fourth-order valence-electron chi connectivity index (χ4n) is 0.762. The third-order valence-electron chi connectivity index (χ3n) is 1.73. The lowest BCUT2D eigenvalue weighted by Gasteiger charge is -2.21. The summed E-state index contributed by atoms with van der Waals surface area (Å²) in [6.45, 7) is 1.55. The number of carboxylic acids is 1. The van der Waals surface area contributed by atoms with Gasteiger partial charge in [-0.05, 0) is 13.6 Å². The lowest BCUT2D eigenvalue weighted by atomic mass is 10.1. The van der Waals surface area contributed by atoms with Crippen molar-refractivity contribution in [1.82, 2.24) is 4.90 Å². The van der Waals surface area contributed by atoms with Gasteiger partial charge in [-0.15, -0.1) is 0 Å². The molecule has 0 rings (SSSR count). The van der Waals surface area contributed by atoms with Gasteiger partial charge in [-0.2, -0.15) is 13.2 Å². The molecule has 0 aliphatic heterocycles. The molecular weight excluding hydrogens is 187 g/mol. The molecule has 0 saturated carbocycles. The predicted molar refractivity (Wildman–Crippen MR) is 40.4 cm³/mol. The van der Waals surface area contributed by atoms with Gasteiger partial charge in [0, 0.05) is 6.54 Å². The van der Waals surface area contributed by atoms with E-state index >= 15 is 0 Å². The molecule has 0 amide bonds. The topological polar surface area (TPSA) is 40.5 Å². The molecule has 0 spiro atoms. The Labute approximate surface area is 74.1 Å². The van der Waals surface area contributed by atoms with E-state index in [9.17, 15) is 18.0 Å². The van der Waals surface area contributed by atoms with Crippen molar-refractivity contribution in [2.45, 2.75) is 13.1 Å². The molecule has 0 fully saturated rings. The van der Waals surface area contributed by atoms with Crippen molar-refractivity contribution in [2.24, 2.45) is 5.92 Å². The lowest BCUT2D eigenvalue weighted by molar-refractivity contribution is -0.195. The maximum Gasteiger partial charge on any atom is 0.403 e. The van der Waals surface area contributed by atoms with Crippen molar-refractivity contribution in [3.05, 3.63) is 0 Å². The predicted octanol–water partition coefficient (Wildman–Crippen LogP) is 1.20. The van der Waals surface area contributed by atoms with E-state index in [0.29, 0.717) is 6.54 Å². The van der Waals surface area contributed by atoms with E-state index in [2.05, 4.69) is 0 Å². The van der Waals surface area contributed by atoms with Gasteiger partial charge in [-0.25, -0.2) is 0 Å². The number of carboxylic acid groups (broad SMARTS) is 1. The van der Waals surface area contributed by atoms with Crippen LogP contribution in [0.5, 0.6) is 0 Å². The number of alkyl halides is 3. The molecule has 0 aliphatic rings. The van der Waals surface area contributed by atoms with E-state index in [0.717, 1.165) is 0 Å². The SMILES string of the molecule is CCN(C)CC(C(=O)O)C(F)(F)F. The van der Waals surface area contributed by atoms with Gasteiger partial charge in [0.2, 0.25) is 0 Å². The summed E-state index contributed by atoms with van der Waals surface area (Å²) in [5.41, 5.74) is 0. The molecule has 1 N–H and O–H groups in total. The second kappa shape index (κ2) is 4.45. The second-order valence-corrected chi connectivity index (χ2v) is 2.79. The van der Waals surface area contributed by atoms with Crippen molar-refractivity contribution in [1.29, 1.82) is 0 Å². The van der Waals surface area contributed by atoms with Crippen molar-refractivity contribution in [3.63, 3.8) is 0 Å². The van der Waals surface area contributed by atoms with Gasteiger partial charge < -0.3 is 10.0 Å². The summed E-state index contributed by atoms with van der Waals surface area (Å²) < 4.78 is 36.2. The van der Waals surface area contributed by atoms with Crippen molar-refractivity contribution >= 4 is 5.97 Å². The number of hydrogen-bond donors (Lipinski definition) is 1. The minimum atomic E-state index is -4.67. The largest absolute Gasteiger partial charge is 0.481 e. The van der Waals surface area contributed by atoms with Crippen LogP contribution in [0.15, 0.2) is 0 Å². The molecule has 3 nitrogen and oxygen atoms in total. The van der Waals surface area contributed by atoms with Crippen LogP contribution < -0.4 is 0 Å². The first kappa shape index (κ1) is 12.2. The Balaban J connectivity index is 4.37. The molecule has 0 heterocycles. The number of nitrogens with zero attached hydrogens (tertiary/aromatic N) is 1. The number of hydrogen-bond acceptors (Lipinski definition) is 2. The maximum absolute atomic E-state index is 12.1. The van der Waals surface area contributed by atoms with E-state index < -0.39 is 24.6 Å². The summed E-state index contributed by atoms with van der Waals surface area (Å²) in [6.07, 6.45) is -4.67. The van der Waals surface area contributed by atoms with Crippen LogP contribution in [-0.4, -0.2) is 42.3 Å². The van der Waals surface area contributed by atoms with E-state index in [-0.39, 0.29) is 0 Å². The first-order chi connectivity index (χ1) is 5.79. The fourth-order valence-corrected chi connectivity index (χ4v) is 0.762. The normalized spacial score (nSPS) is 14.6. The van der Waals surface area contributed by atoms with Gasteiger partial charge in [0.25, 0.3) is 0 Å². The van der Waals surface area contributed by atoms with Gasteiger partial charge in [0.15, 0.2) is 5.92 Å². The van der Waals surface area contributed by atoms with Crippen LogP contribution in [0.3, 0.4) is 0 Å². The molecular formula is C7H12F3NO2. The number of aliphatic carboxylic acids is 1. The second-order valence-electron chi connectivity index (χ2n) is 2.79. The third-order valence-corrected chi connectivity index (χ3v) is 1.73. The molecule has 78 valence electrons. The number of rotatable bonds is 4. The zero-order chi connectivity index (χ0) is 10.6. The van der Waals surface area contributed by atoms with Gasteiger partial charge in [-0.1, -0.05) is 6.92 Å². The average Bonchev–Trinajstić information content (AvgIpc) is 1.96. The van der Waals surface area contributed by atoms with Gasteiger partial charge in [-0.3, -0.25) is 4.79 Å². The molecule has 0 aromatic heterocycles. The summed E-state index contributed by atoms with van der Waals surface area (Å²) in [5.74, 6) is -4.12. The Bertz CT molecular complexity index is 181. The van der Waals surface area contributed by atoms with Crippen LogP contribution in [0.4, 0.5) is 13.2 Å². The smallest absolute Gasteiger partial charge is 0.403 e. The van der Waals surface area contributed by atoms with Crippen LogP contribution in [0.1, 0.15) is 6.92 Å². The molecule has 0 aromatic carbocycles. The summed E-state index contributed by atoms with van der Waals surface area (Å²) in [6, 6.07) is 0. The molecule has 13 heavy (non-hydrogen) atoms. The molecule has 1 atom stereocenters. The third kappa shape index (κ3) is 4.12. The highest BCUT2D eigenvalue weighted by atomic mass is 19.4. The molecule has 6 heteroatoms. The summed E-state index contributed by atoms with van der Waals surface area (Å²) in [4.78, 5) is 11.6. The van der Waals surface area contributed by atoms with Crippen LogP contribution in [0, 0.1) is 5.92 Å². The van der Waals surface area contributed by atoms with E-state index in [1.807, 2.05) is 0 Å². The summed E-state index contributed by atoms with van der Waals surface area (Å²) >= 11 is 0. The maximum atomic E-state index is 12.1. The minimum absolute atomic E-state index is 0.389. The highest BCUT2D eigenvalue weighted by Gasteiger charge is 2.45. The Morgan fingerprint density at radius 1 is 1.54 bits per heavy atom. The van der Waals surface area contributed by atoms with Crippen LogP contribution in [0.2, 0.25) is 0 Å². The first-order valence-electron chi connectivity index (χ1n) is 3.77. The molecule has 0 aromatic rings. The van der Waals surface area contributed by atoms with Crippen molar-refractivity contribution < 1.29 is 23.1 Å². The monoisotopic (exact) mass is 199 g/mol. The van der Waals surface area contributed by atoms with Crippen LogP contribution >= 0.6 is 0 Å². The molecule has 0 aliphatic carbocycles. The molecule has 0 bridgehead atoms. The van der Waals surface area contributed by atoms with E-state index in [1.165, 1.54) is 11.9 Å². The van der Waals surface area contributed by atoms with Crippen molar-refractivity contribution in [2.75, 3.05) is 20.1 Å². The Morgan fingerprint density at radius 2 is 2.00 bits per heavy atom. The Morgan fingerprint density at radius 3 is 2.23 bits per heavy atom. The van der Waals surface area contributed by atoms with Gasteiger partial charge in [0.05, 0.1) is 0 Å². The Kier molecular flexibility index (Phi) is 4.19. The number of halogens is 3. The lowest BCUT2D eigenvalue weighted by Crippen LogP contribution is -2.39. The Hall–Kier alpha value is -0.780. The van der Waals surface area contributed by atoms with Crippen molar-refractivity contribution in [3.8, 4) is 0 Å². The van der Waals surface area contributed by atoms with E-state index in [4.69, 9.17) is 5.11 Å². The standard InChI is InChI=1S/C7H12F3NO2/c1-3-11(2)4-5(6(12)13)7(8,9)10/h5H,3-4H2,1-2H3,(H,12,13). The van der Waals surface area contributed by atoms with Crippen LogP contribution in [-0.2, 0) is 4.79 Å². The van der Waals surface area contributed by atoms with E-state index in [1.54, 1.807) is 6.92 Å². The highest BCUT2D eigenvalue weighted by Crippen LogP contribution is 2.26. The van der Waals surface area contributed by atoms with Gasteiger partial charge in [0.1, 0.15) is 0 Å². The van der Waals surface area contributed by atoms with Crippen LogP contribution in [0.25, 0.3) is 0 Å². The summed E-state index contributed by atoms with van der Waals surface area (Å²) in [7, 11) is 1.45. The average molecular weight is 199 g/mol. The zero-order valence-corrected chi connectivity index (χ0v) is 7.43. The molecule has 1 unspecified atom stereocenters. The number of carbonyl (C=O) groups is 1. The fraction of sp³-hybridized carbons (Fsp3) is 0.857. The first-order valence-corrected chi connectivity index (χ1v) is 3.77. The quantitative estimate of drug-likeness (QED) is 0.739. The molecule has 0 radical (unpaired) electrons. The summed E-state index contributed by atoms with van der Waals surface area (Å²) in [5, 5.41) is 8.31.